The number of para-hydroxylation sites is 1. The highest BCUT2D eigenvalue weighted by molar-refractivity contribution is 7.20. The third-order valence-electron chi connectivity index (χ3n) is 4.84. The van der Waals surface area contributed by atoms with E-state index in [4.69, 9.17) is 5.73 Å². The summed E-state index contributed by atoms with van der Waals surface area (Å²) in [5.41, 5.74) is 7.09. The smallest absolute Gasteiger partial charge is 0.224 e. The number of ketones is 1. The van der Waals surface area contributed by atoms with Crippen LogP contribution in [0.2, 0.25) is 0 Å². The van der Waals surface area contributed by atoms with Gasteiger partial charge < -0.3 is 11.1 Å². The van der Waals surface area contributed by atoms with Gasteiger partial charge >= 0.3 is 0 Å². The highest BCUT2D eigenvalue weighted by Gasteiger charge is 2.25. The highest BCUT2D eigenvalue weighted by atomic mass is 32.1. The van der Waals surface area contributed by atoms with Crippen molar-refractivity contribution in [2.75, 3.05) is 0 Å². The minimum atomic E-state index is -0.710. The van der Waals surface area contributed by atoms with Gasteiger partial charge in [0.15, 0.2) is 5.01 Å². The van der Waals surface area contributed by atoms with Gasteiger partial charge in [0.05, 0.1) is 22.7 Å². The Hall–Kier alpha value is -3.06. The second-order valence-electron chi connectivity index (χ2n) is 7.18. The van der Waals surface area contributed by atoms with Crippen LogP contribution in [0, 0.1) is 12.3 Å². The molecule has 0 aliphatic carbocycles. The Bertz CT molecular complexity index is 999. The monoisotopic (exact) mass is 422 g/mol. The Kier molecular flexibility index (Phi) is 7.30. The second kappa shape index (κ2) is 10.1. The molecule has 0 aliphatic rings. The zero-order valence-electron chi connectivity index (χ0n) is 16.7. The second-order valence-corrected chi connectivity index (χ2v) is 8.21. The van der Waals surface area contributed by atoms with E-state index in [1.807, 2.05) is 54.6 Å². The van der Waals surface area contributed by atoms with Crippen LogP contribution in [-0.4, -0.2) is 28.6 Å². The molecule has 1 heterocycles. The molecule has 2 aromatic carbocycles. The number of Topliss-reactive ketones (excluding diaryl/α,β-unsaturated/α-hetero) is 1. The van der Waals surface area contributed by atoms with Gasteiger partial charge in [-0.3, -0.25) is 14.4 Å². The molecule has 1 radical (unpaired) electrons. The summed E-state index contributed by atoms with van der Waals surface area (Å²) in [7, 11) is 0. The van der Waals surface area contributed by atoms with E-state index in [0.29, 0.717) is 17.8 Å². The Labute approximate surface area is 179 Å². The molecule has 0 bridgehead atoms. The van der Waals surface area contributed by atoms with Gasteiger partial charge in [0, 0.05) is 5.92 Å². The lowest BCUT2D eigenvalue weighted by atomic mass is 10.0. The number of carbonyl (C=O) groups excluding carboxylic acids is 3. The zero-order chi connectivity index (χ0) is 21.5. The molecule has 30 heavy (non-hydrogen) atoms. The number of primary amides is 1. The Balaban J connectivity index is 1.73. The van der Waals surface area contributed by atoms with Crippen LogP contribution in [0.25, 0.3) is 10.2 Å². The van der Waals surface area contributed by atoms with Crippen molar-refractivity contribution in [1.29, 1.82) is 0 Å². The number of fused-ring (bicyclic) bond motifs is 1. The Morgan fingerprint density at radius 2 is 1.80 bits per heavy atom. The fraction of sp³-hybridized carbons (Fsp3) is 0.261. The van der Waals surface area contributed by atoms with Gasteiger partial charge in [0.25, 0.3) is 0 Å². The molecule has 6 nitrogen and oxygen atoms in total. The number of carbonyl (C=O) groups is 3. The topological polar surface area (TPSA) is 102 Å². The molecule has 0 aliphatic heterocycles. The number of rotatable bonds is 10. The summed E-state index contributed by atoms with van der Waals surface area (Å²) < 4.78 is 0.927. The highest BCUT2D eigenvalue weighted by Crippen LogP contribution is 2.23. The molecule has 0 saturated heterocycles. The SMILES string of the molecule is CC(C[CH]C(=O)N[C@@H](CCc1ccccc1)C(=O)c1nc2ccccc2s1)C(N)=O. The maximum absolute atomic E-state index is 13.2. The lowest BCUT2D eigenvalue weighted by Gasteiger charge is -2.17. The van der Waals surface area contributed by atoms with Crippen molar-refractivity contribution in [3.05, 3.63) is 71.6 Å². The van der Waals surface area contributed by atoms with Crippen molar-refractivity contribution < 1.29 is 14.4 Å². The molecule has 3 aromatic rings. The fourth-order valence-corrected chi connectivity index (χ4v) is 3.94. The van der Waals surface area contributed by atoms with Crippen LogP contribution >= 0.6 is 11.3 Å². The van der Waals surface area contributed by atoms with Gasteiger partial charge in [0.2, 0.25) is 17.6 Å². The number of thiazole rings is 1. The van der Waals surface area contributed by atoms with Crippen LogP contribution in [0.1, 0.15) is 35.1 Å². The summed E-state index contributed by atoms with van der Waals surface area (Å²) >= 11 is 1.32. The van der Waals surface area contributed by atoms with Crippen molar-refractivity contribution in [3.8, 4) is 0 Å². The minimum absolute atomic E-state index is 0.211. The first kappa shape index (κ1) is 21.6. The zero-order valence-corrected chi connectivity index (χ0v) is 17.5. The quantitative estimate of drug-likeness (QED) is 0.489. The van der Waals surface area contributed by atoms with Crippen molar-refractivity contribution in [2.24, 2.45) is 11.7 Å². The standard InChI is InChI=1S/C23H24N3O3S/c1-15(22(24)29)11-14-20(27)25-18(13-12-16-7-3-2-4-8-16)21(28)23-26-17-9-5-6-10-19(17)30-23/h2-10,14-15,18H,11-13H2,1H3,(H2,24,29)(H,25,27)/t15?,18-/m0/s1. The molecule has 7 heteroatoms. The number of hydrogen-bond donors (Lipinski definition) is 2. The first-order chi connectivity index (χ1) is 14.4. The lowest BCUT2D eigenvalue weighted by molar-refractivity contribution is -0.121. The Morgan fingerprint density at radius 1 is 1.10 bits per heavy atom. The van der Waals surface area contributed by atoms with E-state index in [-0.39, 0.29) is 12.2 Å². The summed E-state index contributed by atoms with van der Waals surface area (Å²) in [5.74, 6) is -1.52. The fourth-order valence-electron chi connectivity index (χ4n) is 2.98. The van der Waals surface area contributed by atoms with Gasteiger partial charge in [-0.1, -0.05) is 49.4 Å². The molecule has 0 saturated carbocycles. The van der Waals surface area contributed by atoms with Gasteiger partial charge in [-0.2, -0.15) is 0 Å². The summed E-state index contributed by atoms with van der Waals surface area (Å²) in [4.78, 5) is 41.2. The molecule has 3 N–H and O–H groups in total. The minimum Gasteiger partial charge on any atom is -0.369 e. The number of hydrogen-bond acceptors (Lipinski definition) is 5. The summed E-state index contributed by atoms with van der Waals surface area (Å²) in [6.45, 7) is 1.66. The number of nitrogens with zero attached hydrogens (tertiary/aromatic N) is 1. The number of aryl methyl sites for hydroxylation is 1. The normalized spacial score (nSPS) is 13.0. The van der Waals surface area contributed by atoms with E-state index in [9.17, 15) is 14.4 Å². The van der Waals surface area contributed by atoms with Gasteiger partial charge in [0.1, 0.15) is 0 Å². The predicted molar refractivity (Wildman–Crippen MR) is 118 cm³/mol. The third kappa shape index (κ3) is 5.73. The van der Waals surface area contributed by atoms with Crippen LogP contribution in [0.15, 0.2) is 54.6 Å². The van der Waals surface area contributed by atoms with Crippen LogP contribution in [0.5, 0.6) is 0 Å². The van der Waals surface area contributed by atoms with E-state index in [1.165, 1.54) is 17.8 Å². The van der Waals surface area contributed by atoms with Gasteiger partial charge in [-0.05, 0) is 37.0 Å². The number of nitrogens with two attached hydrogens (primary N) is 1. The number of nitrogens with one attached hydrogen (secondary N) is 1. The molecule has 155 valence electrons. The van der Waals surface area contributed by atoms with E-state index < -0.39 is 23.8 Å². The number of amides is 2. The maximum Gasteiger partial charge on any atom is 0.224 e. The largest absolute Gasteiger partial charge is 0.369 e. The van der Waals surface area contributed by atoms with Crippen LogP contribution in [-0.2, 0) is 16.0 Å². The average Bonchev–Trinajstić information content (AvgIpc) is 3.19. The number of aromatic nitrogens is 1. The third-order valence-corrected chi connectivity index (χ3v) is 5.90. The van der Waals surface area contributed by atoms with Gasteiger partial charge in [-0.15, -0.1) is 11.3 Å². The first-order valence-electron chi connectivity index (χ1n) is 9.80. The van der Waals surface area contributed by atoms with E-state index >= 15 is 0 Å². The van der Waals surface area contributed by atoms with E-state index in [2.05, 4.69) is 10.3 Å². The molecule has 2 atom stereocenters. The molecular weight excluding hydrogens is 398 g/mol. The summed E-state index contributed by atoms with van der Waals surface area (Å²) in [6.07, 6.45) is 2.68. The molecule has 1 unspecified atom stereocenters. The summed E-state index contributed by atoms with van der Waals surface area (Å²) in [6, 6.07) is 16.6. The molecule has 0 spiro atoms. The summed E-state index contributed by atoms with van der Waals surface area (Å²) in [5, 5.41) is 3.17. The van der Waals surface area contributed by atoms with Crippen molar-refractivity contribution in [3.63, 3.8) is 0 Å². The van der Waals surface area contributed by atoms with E-state index in [0.717, 1.165) is 15.8 Å². The van der Waals surface area contributed by atoms with Crippen LogP contribution in [0.3, 0.4) is 0 Å². The van der Waals surface area contributed by atoms with Crippen molar-refractivity contribution >= 4 is 39.2 Å². The molecule has 2 amide bonds. The molecule has 0 fully saturated rings. The maximum atomic E-state index is 13.2. The molecule has 1 aromatic heterocycles. The lowest BCUT2D eigenvalue weighted by Crippen LogP contribution is -2.41. The van der Waals surface area contributed by atoms with Crippen molar-refractivity contribution in [2.45, 2.75) is 32.2 Å². The Morgan fingerprint density at radius 3 is 2.50 bits per heavy atom. The number of benzene rings is 2. The first-order valence-corrected chi connectivity index (χ1v) is 10.6. The predicted octanol–water partition coefficient (Wildman–Crippen LogP) is 3.31. The molecule has 3 rings (SSSR count). The average molecular weight is 423 g/mol. The molecular formula is C23H24N3O3S. The van der Waals surface area contributed by atoms with E-state index in [1.54, 1.807) is 6.92 Å². The van der Waals surface area contributed by atoms with Gasteiger partial charge in [-0.25, -0.2) is 4.98 Å². The van der Waals surface area contributed by atoms with Crippen LogP contribution in [0.4, 0.5) is 0 Å². The van der Waals surface area contributed by atoms with Crippen molar-refractivity contribution in [1.82, 2.24) is 10.3 Å². The van der Waals surface area contributed by atoms with Crippen LogP contribution < -0.4 is 11.1 Å².